The lowest BCUT2D eigenvalue weighted by Crippen LogP contribution is -2.61. The van der Waals surface area contributed by atoms with Gasteiger partial charge in [0.15, 0.2) is 5.96 Å². The van der Waals surface area contributed by atoms with E-state index >= 15 is 0 Å². The number of nitrogens with zero attached hydrogens (tertiary/aromatic N) is 3. The van der Waals surface area contributed by atoms with Gasteiger partial charge in [0.2, 0.25) is 0 Å². The predicted octanol–water partition coefficient (Wildman–Crippen LogP) is 1.65. The van der Waals surface area contributed by atoms with Gasteiger partial charge in [0.25, 0.3) is 0 Å². The van der Waals surface area contributed by atoms with Crippen molar-refractivity contribution in [2.24, 2.45) is 10.7 Å². The van der Waals surface area contributed by atoms with Gasteiger partial charge in [-0.25, -0.2) is 0 Å². The smallest absolute Gasteiger partial charge is 0.193 e. The Morgan fingerprint density at radius 1 is 1.18 bits per heavy atom. The maximum atomic E-state index is 6.03. The van der Waals surface area contributed by atoms with E-state index in [-0.39, 0.29) is 24.0 Å². The summed E-state index contributed by atoms with van der Waals surface area (Å²) in [4.78, 5) is 9.59. The molecule has 3 aliphatic rings. The third-order valence-corrected chi connectivity index (χ3v) is 4.36. The summed E-state index contributed by atoms with van der Waals surface area (Å²) in [5, 5.41) is 3.20. The molecule has 1 unspecified atom stereocenters. The number of nitrogens with one attached hydrogen (secondary N) is 1. The van der Waals surface area contributed by atoms with Gasteiger partial charge in [-0.1, -0.05) is 6.07 Å². The number of nitrogens with two attached hydrogens (primary N) is 1. The van der Waals surface area contributed by atoms with Crippen LogP contribution in [0.25, 0.3) is 0 Å². The third kappa shape index (κ3) is 4.33. The van der Waals surface area contributed by atoms with Gasteiger partial charge in [0, 0.05) is 44.5 Å². The summed E-state index contributed by atoms with van der Waals surface area (Å²) in [5.41, 5.74) is 9.51. The average molecular weight is 415 g/mol. The number of aryl methyl sites for hydroxylation is 2. The van der Waals surface area contributed by atoms with Crippen molar-refractivity contribution in [1.82, 2.24) is 9.80 Å². The van der Waals surface area contributed by atoms with E-state index in [0.717, 1.165) is 18.8 Å². The van der Waals surface area contributed by atoms with Crippen LogP contribution in [0.5, 0.6) is 0 Å². The standard InChI is InChI=1S/C16H25N5.HI/c1-12-7-13(2)9-14(8-12)19-16(17)18-10-15-11-20-3-5-21(15)6-4-20;/h7-9,15H,3-6,10-11H2,1-2H3,(H3,17,18,19);1H. The van der Waals surface area contributed by atoms with Gasteiger partial charge in [-0.05, 0) is 37.1 Å². The molecule has 6 heteroatoms. The SMILES string of the molecule is Cc1cc(C)cc(NC(N)=NCC2CN3CCN2CC3)c1.I. The molecular formula is C16H26IN5. The third-order valence-electron chi connectivity index (χ3n) is 4.36. The average Bonchev–Trinajstić information content (AvgIpc) is 2.45. The van der Waals surface area contributed by atoms with Gasteiger partial charge in [-0.2, -0.15) is 0 Å². The molecule has 3 N–H and O–H groups in total. The van der Waals surface area contributed by atoms with Crippen LogP contribution in [0.2, 0.25) is 0 Å². The summed E-state index contributed by atoms with van der Waals surface area (Å²) < 4.78 is 0. The van der Waals surface area contributed by atoms with Crippen LogP contribution in [0, 0.1) is 13.8 Å². The summed E-state index contributed by atoms with van der Waals surface area (Å²) in [6.07, 6.45) is 0. The highest BCUT2D eigenvalue weighted by atomic mass is 127. The minimum absolute atomic E-state index is 0. The normalized spacial score (nSPS) is 27.4. The zero-order valence-corrected chi connectivity index (χ0v) is 15.7. The largest absolute Gasteiger partial charge is 0.370 e. The van der Waals surface area contributed by atoms with Crippen molar-refractivity contribution >= 4 is 35.6 Å². The Bertz CT molecular complexity index is 517. The molecule has 0 aromatic heterocycles. The Labute approximate surface area is 150 Å². The lowest BCUT2D eigenvalue weighted by atomic mass is 10.1. The minimum atomic E-state index is 0. The van der Waals surface area contributed by atoms with Crippen LogP contribution >= 0.6 is 24.0 Å². The van der Waals surface area contributed by atoms with E-state index in [0.29, 0.717) is 12.0 Å². The maximum Gasteiger partial charge on any atom is 0.193 e. The molecule has 1 aromatic rings. The van der Waals surface area contributed by atoms with E-state index < -0.39 is 0 Å². The lowest BCUT2D eigenvalue weighted by molar-refractivity contribution is 0.0174. The number of fused-ring (bicyclic) bond motifs is 3. The fourth-order valence-corrected chi connectivity index (χ4v) is 3.34. The zero-order chi connectivity index (χ0) is 14.8. The molecule has 0 amide bonds. The second-order valence-corrected chi connectivity index (χ2v) is 6.22. The van der Waals surface area contributed by atoms with E-state index in [4.69, 9.17) is 5.73 Å². The van der Waals surface area contributed by atoms with Crippen molar-refractivity contribution in [1.29, 1.82) is 0 Å². The van der Waals surface area contributed by atoms with Gasteiger partial charge in [-0.3, -0.25) is 14.8 Å². The molecule has 0 aliphatic carbocycles. The topological polar surface area (TPSA) is 56.9 Å². The molecule has 5 nitrogen and oxygen atoms in total. The molecule has 3 heterocycles. The summed E-state index contributed by atoms with van der Waals surface area (Å²) >= 11 is 0. The van der Waals surface area contributed by atoms with E-state index in [9.17, 15) is 0 Å². The van der Waals surface area contributed by atoms with Crippen molar-refractivity contribution in [3.8, 4) is 0 Å². The molecule has 4 rings (SSSR count). The second-order valence-electron chi connectivity index (χ2n) is 6.22. The van der Waals surface area contributed by atoms with Gasteiger partial charge in [0.1, 0.15) is 0 Å². The summed E-state index contributed by atoms with van der Waals surface area (Å²) in [6, 6.07) is 6.85. The van der Waals surface area contributed by atoms with E-state index in [1.807, 2.05) is 0 Å². The summed E-state index contributed by atoms with van der Waals surface area (Å²) in [5.74, 6) is 0.512. The van der Waals surface area contributed by atoms with Crippen molar-refractivity contribution in [3.63, 3.8) is 0 Å². The van der Waals surface area contributed by atoms with Gasteiger partial charge < -0.3 is 11.1 Å². The van der Waals surface area contributed by atoms with Crippen LogP contribution in [0.1, 0.15) is 11.1 Å². The lowest BCUT2D eigenvalue weighted by Gasteiger charge is -2.47. The number of anilines is 1. The second kappa shape index (κ2) is 7.61. The van der Waals surface area contributed by atoms with Gasteiger partial charge in [0.05, 0.1) is 6.54 Å². The Morgan fingerprint density at radius 2 is 1.82 bits per heavy atom. The molecule has 1 aromatic carbocycles. The van der Waals surface area contributed by atoms with Crippen LogP contribution in [0.15, 0.2) is 23.2 Å². The molecule has 122 valence electrons. The Kier molecular flexibility index (Phi) is 6.05. The van der Waals surface area contributed by atoms with Crippen LogP contribution in [0.4, 0.5) is 5.69 Å². The minimum Gasteiger partial charge on any atom is -0.370 e. The number of halogens is 1. The van der Waals surface area contributed by atoms with Crippen molar-refractivity contribution in [2.45, 2.75) is 19.9 Å². The molecule has 0 radical (unpaired) electrons. The monoisotopic (exact) mass is 415 g/mol. The number of hydrogen-bond acceptors (Lipinski definition) is 3. The molecule has 0 saturated carbocycles. The number of rotatable bonds is 3. The summed E-state index contributed by atoms with van der Waals surface area (Å²) in [6.45, 7) is 10.8. The molecule has 2 bridgehead atoms. The quantitative estimate of drug-likeness (QED) is 0.448. The number of aliphatic imine (C=N–C) groups is 1. The fourth-order valence-electron chi connectivity index (χ4n) is 3.34. The molecule has 3 saturated heterocycles. The highest BCUT2D eigenvalue weighted by Gasteiger charge is 2.31. The van der Waals surface area contributed by atoms with Crippen LogP contribution in [0.3, 0.4) is 0 Å². The Hall–Kier alpha value is -0.860. The van der Waals surface area contributed by atoms with Crippen molar-refractivity contribution in [3.05, 3.63) is 29.3 Å². The molecule has 3 aliphatic heterocycles. The Balaban J connectivity index is 0.00000176. The number of piperazine rings is 3. The van der Waals surface area contributed by atoms with E-state index in [1.165, 1.54) is 37.3 Å². The molecule has 22 heavy (non-hydrogen) atoms. The highest BCUT2D eigenvalue weighted by Crippen LogP contribution is 2.16. The van der Waals surface area contributed by atoms with Crippen LogP contribution < -0.4 is 11.1 Å². The Morgan fingerprint density at radius 3 is 2.36 bits per heavy atom. The first kappa shape index (κ1) is 17.5. The number of guanidine groups is 1. The molecule has 3 fully saturated rings. The summed E-state index contributed by atoms with van der Waals surface area (Å²) in [7, 11) is 0. The molecular weight excluding hydrogens is 389 g/mol. The predicted molar refractivity (Wildman–Crippen MR) is 103 cm³/mol. The van der Waals surface area contributed by atoms with Crippen molar-refractivity contribution < 1.29 is 0 Å². The highest BCUT2D eigenvalue weighted by molar-refractivity contribution is 14.0. The number of hydrogen-bond donors (Lipinski definition) is 2. The fraction of sp³-hybridized carbons (Fsp3) is 0.562. The zero-order valence-electron chi connectivity index (χ0n) is 13.4. The van der Waals surface area contributed by atoms with Gasteiger partial charge in [-0.15, -0.1) is 24.0 Å². The van der Waals surface area contributed by atoms with Crippen LogP contribution in [-0.2, 0) is 0 Å². The number of benzene rings is 1. The van der Waals surface area contributed by atoms with Crippen LogP contribution in [-0.4, -0.2) is 61.1 Å². The first-order valence-corrected chi connectivity index (χ1v) is 7.72. The van der Waals surface area contributed by atoms with Gasteiger partial charge >= 0.3 is 0 Å². The van der Waals surface area contributed by atoms with E-state index in [1.54, 1.807) is 0 Å². The first-order chi connectivity index (χ1) is 10.1. The molecule has 1 atom stereocenters. The molecule has 0 spiro atoms. The van der Waals surface area contributed by atoms with Crippen molar-refractivity contribution in [2.75, 3.05) is 44.6 Å². The maximum absolute atomic E-state index is 6.03. The first-order valence-electron chi connectivity index (χ1n) is 7.72. The van der Waals surface area contributed by atoms with E-state index in [2.05, 4.69) is 52.2 Å².